The quantitative estimate of drug-likeness (QED) is 0.885. The Labute approximate surface area is 150 Å². The summed E-state index contributed by atoms with van der Waals surface area (Å²) in [6.45, 7) is 3.34. The summed E-state index contributed by atoms with van der Waals surface area (Å²) in [5, 5.41) is 5.21. The van der Waals surface area contributed by atoms with E-state index in [1.807, 2.05) is 46.7 Å². The zero-order valence-electron chi connectivity index (χ0n) is 13.5. The zero-order valence-corrected chi connectivity index (χ0v) is 15.2. The number of amides is 2. The molecule has 1 atom stereocenters. The standard InChI is InChI=1S/C18H20N2O2S2/c1-13-12-20(15-6-2-3-7-16(15)24-13)18(22)9-8-17(21)19-11-14-5-4-10-23-14/h2-7,10,13H,8-9,11-12H2,1H3,(H,19,21)/t13-/m0/s1. The highest BCUT2D eigenvalue weighted by Gasteiger charge is 2.26. The van der Waals surface area contributed by atoms with Crippen LogP contribution in [0.5, 0.6) is 0 Å². The van der Waals surface area contributed by atoms with Gasteiger partial charge in [0.25, 0.3) is 0 Å². The number of rotatable bonds is 5. The summed E-state index contributed by atoms with van der Waals surface area (Å²) in [6.07, 6.45) is 0.465. The van der Waals surface area contributed by atoms with E-state index in [0.29, 0.717) is 18.3 Å². The predicted molar refractivity (Wildman–Crippen MR) is 99.5 cm³/mol. The maximum atomic E-state index is 12.6. The lowest BCUT2D eigenvalue weighted by molar-refractivity contribution is -0.125. The number of carbonyl (C=O) groups is 2. The van der Waals surface area contributed by atoms with Crippen LogP contribution in [0.2, 0.25) is 0 Å². The van der Waals surface area contributed by atoms with Crippen LogP contribution in [0.1, 0.15) is 24.6 Å². The Morgan fingerprint density at radius 3 is 2.83 bits per heavy atom. The zero-order chi connectivity index (χ0) is 16.9. The van der Waals surface area contributed by atoms with E-state index in [1.165, 1.54) is 0 Å². The molecule has 1 aromatic carbocycles. The molecule has 2 heterocycles. The van der Waals surface area contributed by atoms with Crippen molar-refractivity contribution in [2.45, 2.75) is 36.5 Å². The van der Waals surface area contributed by atoms with Gasteiger partial charge < -0.3 is 10.2 Å². The van der Waals surface area contributed by atoms with Gasteiger partial charge in [-0.15, -0.1) is 23.1 Å². The molecule has 0 fully saturated rings. The predicted octanol–water partition coefficient (Wildman–Crippen LogP) is 3.67. The summed E-state index contributed by atoms with van der Waals surface area (Å²) in [6, 6.07) is 11.9. The van der Waals surface area contributed by atoms with Gasteiger partial charge in [-0.3, -0.25) is 9.59 Å². The number of thiophene rings is 1. The molecule has 1 N–H and O–H groups in total. The first kappa shape index (κ1) is 17.0. The molecule has 2 amide bonds. The van der Waals surface area contributed by atoms with Crippen LogP contribution in [0.4, 0.5) is 5.69 Å². The molecule has 0 aliphatic carbocycles. The molecule has 3 rings (SSSR count). The summed E-state index contributed by atoms with van der Waals surface area (Å²) >= 11 is 3.40. The van der Waals surface area contributed by atoms with Crippen molar-refractivity contribution in [3.05, 3.63) is 46.7 Å². The number of thioether (sulfide) groups is 1. The van der Waals surface area contributed by atoms with Crippen molar-refractivity contribution in [1.82, 2.24) is 5.32 Å². The van der Waals surface area contributed by atoms with Crippen LogP contribution < -0.4 is 10.2 Å². The average molecular weight is 361 g/mol. The molecule has 0 radical (unpaired) electrons. The third-order valence-electron chi connectivity index (χ3n) is 3.83. The minimum Gasteiger partial charge on any atom is -0.351 e. The van der Waals surface area contributed by atoms with Crippen molar-refractivity contribution in [2.24, 2.45) is 0 Å². The van der Waals surface area contributed by atoms with Gasteiger partial charge in [0.05, 0.1) is 12.2 Å². The van der Waals surface area contributed by atoms with Gasteiger partial charge >= 0.3 is 0 Å². The molecule has 1 aliphatic heterocycles. The fraction of sp³-hybridized carbons (Fsp3) is 0.333. The Kier molecular flexibility index (Phi) is 5.58. The van der Waals surface area contributed by atoms with Gasteiger partial charge in [0.15, 0.2) is 0 Å². The molecule has 1 aromatic heterocycles. The number of hydrogen-bond donors (Lipinski definition) is 1. The van der Waals surface area contributed by atoms with Crippen molar-refractivity contribution in [3.63, 3.8) is 0 Å². The number of carbonyl (C=O) groups excluding carboxylic acids is 2. The van der Waals surface area contributed by atoms with Crippen LogP contribution in [-0.4, -0.2) is 23.6 Å². The van der Waals surface area contributed by atoms with Gasteiger partial charge in [0.2, 0.25) is 11.8 Å². The first-order chi connectivity index (χ1) is 11.6. The number of anilines is 1. The summed E-state index contributed by atoms with van der Waals surface area (Å²) < 4.78 is 0. The number of para-hydroxylation sites is 1. The Morgan fingerprint density at radius 1 is 1.21 bits per heavy atom. The van der Waals surface area contributed by atoms with Crippen molar-refractivity contribution in [3.8, 4) is 0 Å². The molecule has 0 saturated carbocycles. The van der Waals surface area contributed by atoms with Crippen molar-refractivity contribution < 1.29 is 9.59 Å². The van der Waals surface area contributed by atoms with Crippen molar-refractivity contribution in [1.29, 1.82) is 0 Å². The number of fused-ring (bicyclic) bond motifs is 1. The molecule has 0 bridgehead atoms. The molecular weight excluding hydrogens is 340 g/mol. The minimum absolute atomic E-state index is 0.0147. The van der Waals surface area contributed by atoms with Gasteiger partial charge in [-0.05, 0) is 23.6 Å². The minimum atomic E-state index is -0.0792. The topological polar surface area (TPSA) is 49.4 Å². The lowest BCUT2D eigenvalue weighted by Crippen LogP contribution is -2.39. The Morgan fingerprint density at radius 2 is 2.04 bits per heavy atom. The monoisotopic (exact) mass is 360 g/mol. The summed E-state index contributed by atoms with van der Waals surface area (Å²) in [4.78, 5) is 28.6. The molecule has 2 aromatic rings. The molecule has 6 heteroatoms. The SMILES string of the molecule is C[C@H]1CN(C(=O)CCC(=O)NCc2cccs2)c2ccccc2S1. The largest absolute Gasteiger partial charge is 0.351 e. The van der Waals surface area contributed by atoms with E-state index in [9.17, 15) is 9.59 Å². The van der Waals surface area contributed by atoms with E-state index in [0.717, 1.165) is 15.5 Å². The van der Waals surface area contributed by atoms with Crippen LogP contribution in [-0.2, 0) is 16.1 Å². The fourth-order valence-electron chi connectivity index (χ4n) is 2.67. The molecule has 4 nitrogen and oxygen atoms in total. The summed E-state index contributed by atoms with van der Waals surface area (Å²) in [7, 11) is 0. The third kappa shape index (κ3) is 4.19. The van der Waals surface area contributed by atoms with Gasteiger partial charge in [-0.1, -0.05) is 25.1 Å². The second kappa shape index (κ2) is 7.85. The molecule has 0 unspecified atom stereocenters. The number of benzene rings is 1. The summed E-state index contributed by atoms with van der Waals surface area (Å²) in [5.74, 6) is -0.0645. The van der Waals surface area contributed by atoms with Crippen LogP contribution in [0, 0.1) is 0 Å². The van der Waals surface area contributed by atoms with Crippen molar-refractivity contribution in [2.75, 3.05) is 11.4 Å². The van der Waals surface area contributed by atoms with E-state index < -0.39 is 0 Å². The number of nitrogens with one attached hydrogen (secondary N) is 1. The highest BCUT2D eigenvalue weighted by atomic mass is 32.2. The molecule has 24 heavy (non-hydrogen) atoms. The molecule has 0 spiro atoms. The lowest BCUT2D eigenvalue weighted by Gasteiger charge is -2.32. The van der Waals surface area contributed by atoms with Gasteiger partial charge in [0, 0.05) is 34.4 Å². The Balaban J connectivity index is 1.54. The number of hydrogen-bond acceptors (Lipinski definition) is 4. The molecule has 0 saturated heterocycles. The van der Waals surface area contributed by atoms with E-state index in [4.69, 9.17) is 0 Å². The smallest absolute Gasteiger partial charge is 0.227 e. The highest BCUT2D eigenvalue weighted by Crippen LogP contribution is 2.38. The number of nitrogens with zero attached hydrogens (tertiary/aromatic N) is 1. The van der Waals surface area contributed by atoms with Crippen LogP contribution in [0.3, 0.4) is 0 Å². The first-order valence-corrected chi connectivity index (χ1v) is 9.74. The Hall–Kier alpha value is -1.79. The molecular formula is C18H20N2O2S2. The second-order valence-electron chi connectivity index (χ2n) is 5.76. The lowest BCUT2D eigenvalue weighted by atomic mass is 10.2. The maximum Gasteiger partial charge on any atom is 0.227 e. The average Bonchev–Trinajstić information content (AvgIpc) is 3.10. The van der Waals surface area contributed by atoms with E-state index in [-0.39, 0.29) is 24.7 Å². The van der Waals surface area contributed by atoms with Crippen molar-refractivity contribution >= 4 is 40.6 Å². The summed E-state index contributed by atoms with van der Waals surface area (Å²) in [5.41, 5.74) is 0.963. The maximum absolute atomic E-state index is 12.6. The van der Waals surface area contributed by atoms with E-state index in [1.54, 1.807) is 23.1 Å². The van der Waals surface area contributed by atoms with Crippen LogP contribution in [0.15, 0.2) is 46.7 Å². The first-order valence-electron chi connectivity index (χ1n) is 7.98. The van der Waals surface area contributed by atoms with Crippen LogP contribution >= 0.6 is 23.1 Å². The fourth-order valence-corrected chi connectivity index (χ4v) is 4.43. The van der Waals surface area contributed by atoms with E-state index in [2.05, 4.69) is 12.2 Å². The molecule has 1 aliphatic rings. The van der Waals surface area contributed by atoms with Crippen LogP contribution in [0.25, 0.3) is 0 Å². The second-order valence-corrected chi connectivity index (χ2v) is 8.27. The normalized spacial score (nSPS) is 16.5. The Bertz CT molecular complexity index is 716. The van der Waals surface area contributed by atoms with Gasteiger partial charge in [-0.25, -0.2) is 0 Å². The highest BCUT2D eigenvalue weighted by molar-refractivity contribution is 8.00. The third-order valence-corrected chi connectivity index (χ3v) is 5.86. The van der Waals surface area contributed by atoms with Gasteiger partial charge in [0.1, 0.15) is 0 Å². The molecule has 126 valence electrons. The van der Waals surface area contributed by atoms with Gasteiger partial charge in [-0.2, -0.15) is 0 Å². The van der Waals surface area contributed by atoms with E-state index >= 15 is 0 Å².